The minimum atomic E-state index is -0.909. The highest BCUT2D eigenvalue weighted by Crippen LogP contribution is 2.24. The van der Waals surface area contributed by atoms with Gasteiger partial charge in [-0.15, -0.1) is 0 Å². The van der Waals surface area contributed by atoms with Crippen LogP contribution in [-0.2, 0) is 17.6 Å². The van der Waals surface area contributed by atoms with Crippen molar-refractivity contribution in [3.8, 4) is 0 Å². The lowest BCUT2D eigenvalue weighted by atomic mass is 9.83. The Bertz CT molecular complexity index is 580. The summed E-state index contributed by atoms with van der Waals surface area (Å²) in [6.45, 7) is -0.307. The summed E-state index contributed by atoms with van der Waals surface area (Å²) in [5, 5.41) is 18.9. The summed E-state index contributed by atoms with van der Waals surface area (Å²) in [5.74, 6) is -1.66. The molecule has 0 saturated carbocycles. The molecule has 2 aromatic rings. The molecule has 2 atom stereocenters. The molecule has 0 amide bonds. The number of carbonyl (C=O) groups is 1. The van der Waals surface area contributed by atoms with Gasteiger partial charge in [0.2, 0.25) is 0 Å². The van der Waals surface area contributed by atoms with Crippen LogP contribution < -0.4 is 0 Å². The molecule has 3 heteroatoms. The van der Waals surface area contributed by atoms with Gasteiger partial charge in [0.25, 0.3) is 0 Å². The van der Waals surface area contributed by atoms with Gasteiger partial charge >= 0.3 is 5.97 Å². The van der Waals surface area contributed by atoms with Crippen LogP contribution in [0.5, 0.6) is 0 Å². The van der Waals surface area contributed by atoms with Crippen LogP contribution in [0.25, 0.3) is 0 Å². The van der Waals surface area contributed by atoms with E-state index < -0.39 is 11.9 Å². The number of aliphatic carboxylic acids is 1. The maximum Gasteiger partial charge on any atom is 0.309 e. The molecule has 2 unspecified atom stereocenters. The van der Waals surface area contributed by atoms with E-state index in [4.69, 9.17) is 0 Å². The number of rotatable bonds is 9. The first-order valence-corrected chi connectivity index (χ1v) is 8.12. The molecule has 122 valence electrons. The second-order valence-corrected chi connectivity index (χ2v) is 5.95. The highest BCUT2D eigenvalue weighted by Gasteiger charge is 2.27. The average Bonchev–Trinajstić information content (AvgIpc) is 2.57. The lowest BCUT2D eigenvalue weighted by molar-refractivity contribution is -0.145. The van der Waals surface area contributed by atoms with Gasteiger partial charge in [-0.2, -0.15) is 0 Å². The number of carboxylic acid groups (broad SMARTS) is 1. The van der Waals surface area contributed by atoms with E-state index in [1.807, 2.05) is 48.5 Å². The Morgan fingerprint density at radius 3 is 2.00 bits per heavy atom. The molecule has 3 nitrogen and oxygen atoms in total. The topological polar surface area (TPSA) is 57.5 Å². The van der Waals surface area contributed by atoms with Gasteiger partial charge in [0.05, 0.1) is 12.5 Å². The molecule has 0 saturated heterocycles. The summed E-state index contributed by atoms with van der Waals surface area (Å²) in [4.78, 5) is 11.4. The van der Waals surface area contributed by atoms with Crippen LogP contribution in [0.1, 0.15) is 24.0 Å². The van der Waals surface area contributed by atoms with Crippen molar-refractivity contribution in [2.75, 3.05) is 6.61 Å². The molecular weight excluding hydrogens is 288 g/mol. The largest absolute Gasteiger partial charge is 0.481 e. The first kappa shape index (κ1) is 17.2. The molecule has 23 heavy (non-hydrogen) atoms. The highest BCUT2D eigenvalue weighted by molar-refractivity contribution is 5.70. The van der Waals surface area contributed by atoms with Crippen LogP contribution in [0.15, 0.2) is 60.7 Å². The molecular formula is C20H24O3. The molecule has 0 spiro atoms. The Morgan fingerprint density at radius 1 is 0.913 bits per heavy atom. The van der Waals surface area contributed by atoms with Gasteiger partial charge in [-0.25, -0.2) is 0 Å². The summed E-state index contributed by atoms with van der Waals surface area (Å²) < 4.78 is 0. The second-order valence-electron chi connectivity index (χ2n) is 5.95. The van der Waals surface area contributed by atoms with E-state index in [0.717, 1.165) is 24.8 Å². The normalized spacial score (nSPS) is 13.4. The van der Waals surface area contributed by atoms with Crippen LogP contribution in [0.3, 0.4) is 0 Å². The lowest BCUT2D eigenvalue weighted by Gasteiger charge is -2.22. The summed E-state index contributed by atoms with van der Waals surface area (Å²) in [6.07, 6.45) is 3.34. The van der Waals surface area contributed by atoms with Gasteiger partial charge in [-0.3, -0.25) is 4.79 Å². The Balaban J connectivity index is 1.99. The summed E-state index contributed by atoms with van der Waals surface area (Å²) in [6, 6.07) is 20.1. The Hall–Kier alpha value is -2.13. The first-order valence-electron chi connectivity index (χ1n) is 8.12. The molecule has 0 aliphatic carbocycles. The van der Waals surface area contributed by atoms with Crippen molar-refractivity contribution in [2.24, 2.45) is 11.8 Å². The van der Waals surface area contributed by atoms with Gasteiger partial charge in [0.1, 0.15) is 0 Å². The van der Waals surface area contributed by atoms with Crippen molar-refractivity contribution >= 4 is 5.97 Å². The molecule has 0 aliphatic heterocycles. The third-order valence-corrected chi connectivity index (χ3v) is 4.31. The van der Waals surface area contributed by atoms with Crippen molar-refractivity contribution in [1.82, 2.24) is 0 Å². The standard InChI is InChI=1S/C20H24O3/c21-15-19(20(22)23)18(14-17-10-5-2-6-11-17)13-7-12-16-8-3-1-4-9-16/h1-6,8-11,18-19,21H,7,12-15H2,(H,22,23). The monoisotopic (exact) mass is 312 g/mol. The maximum absolute atomic E-state index is 11.4. The zero-order valence-corrected chi connectivity index (χ0v) is 13.3. The fourth-order valence-electron chi connectivity index (χ4n) is 3.00. The van der Waals surface area contributed by atoms with Crippen molar-refractivity contribution in [2.45, 2.75) is 25.7 Å². The Kier molecular flexibility index (Phi) is 6.82. The Labute approximate surface area is 137 Å². The van der Waals surface area contributed by atoms with Crippen molar-refractivity contribution < 1.29 is 15.0 Å². The molecule has 0 aliphatic rings. The summed E-state index contributed by atoms with van der Waals surface area (Å²) in [5.41, 5.74) is 2.39. The number of hydrogen-bond acceptors (Lipinski definition) is 2. The number of aliphatic hydroxyl groups is 1. The molecule has 2 N–H and O–H groups in total. The summed E-state index contributed by atoms with van der Waals surface area (Å²) >= 11 is 0. The fraction of sp³-hybridized carbons (Fsp3) is 0.350. The fourth-order valence-corrected chi connectivity index (χ4v) is 3.00. The molecule has 2 rings (SSSR count). The van der Waals surface area contributed by atoms with Crippen LogP contribution in [0, 0.1) is 11.8 Å². The van der Waals surface area contributed by atoms with Crippen LogP contribution >= 0.6 is 0 Å². The van der Waals surface area contributed by atoms with E-state index in [-0.39, 0.29) is 12.5 Å². The number of benzene rings is 2. The molecule has 0 heterocycles. The van der Waals surface area contributed by atoms with E-state index >= 15 is 0 Å². The molecule has 0 aromatic heterocycles. The molecule has 2 aromatic carbocycles. The van der Waals surface area contributed by atoms with Crippen LogP contribution in [0.4, 0.5) is 0 Å². The zero-order valence-electron chi connectivity index (χ0n) is 13.3. The van der Waals surface area contributed by atoms with Crippen molar-refractivity contribution in [1.29, 1.82) is 0 Å². The van der Waals surface area contributed by atoms with E-state index in [2.05, 4.69) is 12.1 Å². The van der Waals surface area contributed by atoms with Crippen LogP contribution in [-0.4, -0.2) is 22.8 Å². The number of carboxylic acids is 1. The van der Waals surface area contributed by atoms with E-state index in [1.165, 1.54) is 5.56 Å². The zero-order chi connectivity index (χ0) is 16.5. The van der Waals surface area contributed by atoms with Gasteiger partial charge < -0.3 is 10.2 Å². The predicted molar refractivity (Wildman–Crippen MR) is 91.2 cm³/mol. The minimum absolute atomic E-state index is 0.0522. The van der Waals surface area contributed by atoms with E-state index in [9.17, 15) is 15.0 Å². The highest BCUT2D eigenvalue weighted by atomic mass is 16.4. The molecule has 0 fully saturated rings. The predicted octanol–water partition coefficient (Wildman–Crippen LogP) is 3.56. The Morgan fingerprint density at radius 2 is 1.48 bits per heavy atom. The van der Waals surface area contributed by atoms with Gasteiger partial charge in [0, 0.05) is 0 Å². The van der Waals surface area contributed by atoms with Crippen LogP contribution in [0.2, 0.25) is 0 Å². The van der Waals surface area contributed by atoms with Gasteiger partial charge in [0.15, 0.2) is 0 Å². The van der Waals surface area contributed by atoms with Crippen molar-refractivity contribution in [3.05, 3.63) is 71.8 Å². The van der Waals surface area contributed by atoms with Crippen molar-refractivity contribution in [3.63, 3.8) is 0 Å². The second kappa shape index (κ2) is 9.11. The number of aryl methyl sites for hydroxylation is 1. The number of hydrogen-bond donors (Lipinski definition) is 2. The molecule has 0 radical (unpaired) electrons. The smallest absolute Gasteiger partial charge is 0.309 e. The van der Waals surface area contributed by atoms with Gasteiger partial charge in [-0.05, 0) is 42.7 Å². The van der Waals surface area contributed by atoms with E-state index in [1.54, 1.807) is 0 Å². The first-order chi connectivity index (χ1) is 11.2. The maximum atomic E-state index is 11.4. The average molecular weight is 312 g/mol. The summed E-state index contributed by atoms with van der Waals surface area (Å²) in [7, 11) is 0. The minimum Gasteiger partial charge on any atom is -0.481 e. The third kappa shape index (κ3) is 5.53. The van der Waals surface area contributed by atoms with Gasteiger partial charge in [-0.1, -0.05) is 60.7 Å². The molecule has 0 bridgehead atoms. The lowest BCUT2D eigenvalue weighted by Crippen LogP contribution is -2.28. The SMILES string of the molecule is O=C(O)C(CO)C(CCCc1ccccc1)Cc1ccccc1. The third-order valence-electron chi connectivity index (χ3n) is 4.31. The number of aliphatic hydroxyl groups excluding tert-OH is 1. The van der Waals surface area contributed by atoms with E-state index in [0.29, 0.717) is 6.42 Å². The quantitative estimate of drug-likeness (QED) is 0.744.